The molecule has 5 nitrogen and oxygen atoms in total. The molecule has 24 heavy (non-hydrogen) atoms. The van der Waals surface area contributed by atoms with Gasteiger partial charge in [-0.2, -0.15) is 0 Å². The van der Waals surface area contributed by atoms with Gasteiger partial charge in [-0.1, -0.05) is 38.5 Å². The van der Waals surface area contributed by atoms with Gasteiger partial charge in [-0.15, -0.1) is 0 Å². The number of rotatable bonds is 8. The summed E-state index contributed by atoms with van der Waals surface area (Å²) >= 11 is 0. The Bertz CT molecular complexity index is 573. The first-order valence-corrected chi connectivity index (χ1v) is 8.95. The highest BCUT2D eigenvalue weighted by Gasteiger charge is 2.36. The Balaban J connectivity index is 2.00. The van der Waals surface area contributed by atoms with Gasteiger partial charge in [-0.05, 0) is 31.5 Å². The van der Waals surface area contributed by atoms with E-state index < -0.39 is 0 Å². The summed E-state index contributed by atoms with van der Waals surface area (Å²) in [6.07, 6.45) is 2.33. The molecule has 1 aromatic carbocycles. The summed E-state index contributed by atoms with van der Waals surface area (Å²) < 4.78 is 0. The highest BCUT2D eigenvalue weighted by Crippen LogP contribution is 2.24. The lowest BCUT2D eigenvalue weighted by atomic mass is 10.1. The van der Waals surface area contributed by atoms with Crippen LogP contribution in [0.25, 0.3) is 0 Å². The van der Waals surface area contributed by atoms with E-state index in [0.717, 1.165) is 37.2 Å². The number of para-hydroxylation sites is 1. The third-order valence-corrected chi connectivity index (χ3v) is 4.61. The van der Waals surface area contributed by atoms with Crippen molar-refractivity contribution in [3.8, 4) is 0 Å². The van der Waals surface area contributed by atoms with E-state index in [1.807, 2.05) is 29.2 Å². The molecule has 132 valence electrons. The van der Waals surface area contributed by atoms with E-state index in [1.165, 1.54) is 0 Å². The average Bonchev–Trinajstić information content (AvgIpc) is 2.96. The largest absolute Gasteiger partial charge is 0.339 e. The van der Waals surface area contributed by atoms with E-state index in [1.54, 1.807) is 0 Å². The van der Waals surface area contributed by atoms with Gasteiger partial charge in [0, 0.05) is 31.2 Å². The fourth-order valence-electron chi connectivity index (χ4n) is 3.20. The monoisotopic (exact) mass is 331 g/mol. The van der Waals surface area contributed by atoms with Crippen LogP contribution in [0, 0.1) is 5.92 Å². The van der Waals surface area contributed by atoms with E-state index >= 15 is 0 Å². The normalized spacial score (nSPS) is 18.7. The molecule has 2 unspecified atom stereocenters. The summed E-state index contributed by atoms with van der Waals surface area (Å²) in [4.78, 5) is 26.7. The molecule has 2 amide bonds. The number of hydrogen-bond donors (Lipinski definition) is 2. The van der Waals surface area contributed by atoms with Gasteiger partial charge < -0.3 is 15.5 Å². The zero-order valence-corrected chi connectivity index (χ0v) is 15.0. The lowest BCUT2D eigenvalue weighted by Crippen LogP contribution is -2.35. The highest BCUT2D eigenvalue weighted by molar-refractivity contribution is 5.97. The van der Waals surface area contributed by atoms with E-state index in [-0.39, 0.29) is 23.8 Å². The maximum atomic E-state index is 12.6. The molecule has 1 heterocycles. The SMILES string of the molecule is CCCC(C)N1CC(C(=O)Nc2ccccc2CNCC)CC1=O. The van der Waals surface area contributed by atoms with E-state index in [9.17, 15) is 9.59 Å². The Labute approximate surface area is 144 Å². The molecule has 1 aliphatic rings. The zero-order valence-electron chi connectivity index (χ0n) is 15.0. The fourth-order valence-corrected chi connectivity index (χ4v) is 3.20. The second kappa shape index (κ2) is 8.83. The number of nitrogens with zero attached hydrogens (tertiary/aromatic N) is 1. The van der Waals surface area contributed by atoms with Gasteiger partial charge >= 0.3 is 0 Å². The summed E-state index contributed by atoms with van der Waals surface area (Å²) in [5.41, 5.74) is 1.89. The number of nitrogens with one attached hydrogen (secondary N) is 2. The Morgan fingerprint density at radius 1 is 1.33 bits per heavy atom. The number of hydrogen-bond acceptors (Lipinski definition) is 3. The lowest BCUT2D eigenvalue weighted by Gasteiger charge is -2.24. The second-order valence-electron chi connectivity index (χ2n) is 6.51. The van der Waals surface area contributed by atoms with Gasteiger partial charge in [0.2, 0.25) is 11.8 Å². The van der Waals surface area contributed by atoms with Crippen molar-refractivity contribution in [1.29, 1.82) is 0 Å². The molecule has 2 atom stereocenters. The van der Waals surface area contributed by atoms with Gasteiger partial charge in [-0.3, -0.25) is 9.59 Å². The first kappa shape index (κ1) is 18.5. The lowest BCUT2D eigenvalue weighted by molar-refractivity contribution is -0.129. The predicted molar refractivity (Wildman–Crippen MR) is 96.6 cm³/mol. The molecule has 1 fully saturated rings. The van der Waals surface area contributed by atoms with Crippen molar-refractivity contribution in [3.63, 3.8) is 0 Å². The molecular formula is C19H29N3O2. The van der Waals surface area contributed by atoms with E-state index in [0.29, 0.717) is 13.0 Å². The van der Waals surface area contributed by atoms with Crippen molar-refractivity contribution in [2.45, 2.75) is 52.6 Å². The molecule has 2 rings (SSSR count). The molecule has 1 saturated heterocycles. The summed E-state index contributed by atoms with van der Waals surface area (Å²) in [7, 11) is 0. The molecule has 0 bridgehead atoms. The minimum atomic E-state index is -0.260. The van der Waals surface area contributed by atoms with Crippen LogP contribution in [-0.4, -0.2) is 35.8 Å². The van der Waals surface area contributed by atoms with E-state index in [2.05, 4.69) is 31.4 Å². The molecule has 5 heteroatoms. The number of likely N-dealkylation sites (tertiary alicyclic amines) is 1. The van der Waals surface area contributed by atoms with Crippen LogP contribution in [0.5, 0.6) is 0 Å². The molecule has 1 aliphatic heterocycles. The van der Waals surface area contributed by atoms with Crippen LogP contribution in [0.3, 0.4) is 0 Å². The molecular weight excluding hydrogens is 302 g/mol. The van der Waals surface area contributed by atoms with Crippen LogP contribution in [0.2, 0.25) is 0 Å². The number of benzene rings is 1. The average molecular weight is 331 g/mol. The maximum absolute atomic E-state index is 12.6. The van der Waals surface area contributed by atoms with Gasteiger partial charge in [-0.25, -0.2) is 0 Å². The summed E-state index contributed by atoms with van der Waals surface area (Å²) in [6.45, 7) is 8.36. The van der Waals surface area contributed by atoms with Crippen molar-refractivity contribution in [2.24, 2.45) is 5.92 Å². The number of carbonyl (C=O) groups is 2. The summed E-state index contributed by atoms with van der Waals surface area (Å²) in [5.74, 6) is -0.223. The highest BCUT2D eigenvalue weighted by atomic mass is 16.2. The van der Waals surface area contributed by atoms with Crippen LogP contribution < -0.4 is 10.6 Å². The second-order valence-corrected chi connectivity index (χ2v) is 6.51. The first-order valence-electron chi connectivity index (χ1n) is 8.95. The van der Waals surface area contributed by atoms with Gasteiger partial charge in [0.15, 0.2) is 0 Å². The maximum Gasteiger partial charge on any atom is 0.229 e. The molecule has 0 aliphatic carbocycles. The number of carbonyl (C=O) groups excluding carboxylic acids is 2. The molecule has 2 N–H and O–H groups in total. The smallest absolute Gasteiger partial charge is 0.229 e. The Morgan fingerprint density at radius 3 is 2.79 bits per heavy atom. The van der Waals surface area contributed by atoms with Gasteiger partial charge in [0.1, 0.15) is 0 Å². The van der Waals surface area contributed by atoms with Crippen molar-refractivity contribution >= 4 is 17.5 Å². The molecule has 0 saturated carbocycles. The minimum Gasteiger partial charge on any atom is -0.339 e. The number of amides is 2. The van der Waals surface area contributed by atoms with Crippen molar-refractivity contribution < 1.29 is 9.59 Å². The van der Waals surface area contributed by atoms with Crippen LogP contribution in [-0.2, 0) is 16.1 Å². The van der Waals surface area contributed by atoms with E-state index in [4.69, 9.17) is 0 Å². The molecule has 0 spiro atoms. The van der Waals surface area contributed by atoms with Gasteiger partial charge in [0.05, 0.1) is 5.92 Å². The summed E-state index contributed by atoms with van der Waals surface area (Å²) in [5, 5.41) is 6.29. The topological polar surface area (TPSA) is 61.4 Å². The molecule has 0 radical (unpaired) electrons. The Morgan fingerprint density at radius 2 is 2.08 bits per heavy atom. The predicted octanol–water partition coefficient (Wildman–Crippen LogP) is 2.77. The third kappa shape index (κ3) is 4.57. The van der Waals surface area contributed by atoms with Crippen molar-refractivity contribution in [1.82, 2.24) is 10.2 Å². The van der Waals surface area contributed by atoms with Crippen LogP contribution >= 0.6 is 0 Å². The molecule has 1 aromatic rings. The standard InChI is InChI=1S/C19H29N3O2/c1-4-8-14(3)22-13-16(11-18(22)23)19(24)21-17-10-7-6-9-15(17)12-20-5-2/h6-7,9-10,14,16,20H,4-5,8,11-13H2,1-3H3,(H,21,24). The number of anilines is 1. The van der Waals surface area contributed by atoms with Crippen LogP contribution in [0.4, 0.5) is 5.69 Å². The third-order valence-electron chi connectivity index (χ3n) is 4.61. The Kier molecular flexibility index (Phi) is 6.79. The zero-order chi connectivity index (χ0) is 17.5. The summed E-state index contributed by atoms with van der Waals surface area (Å²) in [6, 6.07) is 8.02. The Hall–Kier alpha value is -1.88. The van der Waals surface area contributed by atoms with Gasteiger partial charge in [0.25, 0.3) is 0 Å². The van der Waals surface area contributed by atoms with Crippen LogP contribution in [0.1, 0.15) is 45.6 Å². The fraction of sp³-hybridized carbons (Fsp3) is 0.579. The molecule has 0 aromatic heterocycles. The van der Waals surface area contributed by atoms with Crippen LogP contribution in [0.15, 0.2) is 24.3 Å². The first-order chi connectivity index (χ1) is 11.6. The van der Waals surface area contributed by atoms with Crippen molar-refractivity contribution in [2.75, 3.05) is 18.4 Å². The quantitative estimate of drug-likeness (QED) is 0.770. The minimum absolute atomic E-state index is 0.0569. The van der Waals surface area contributed by atoms with Crippen molar-refractivity contribution in [3.05, 3.63) is 29.8 Å².